The number of aromatic nitrogens is 2. The summed E-state index contributed by atoms with van der Waals surface area (Å²) in [7, 11) is 0. The maximum absolute atomic E-state index is 12.5. The Hall–Kier alpha value is -4.01. The van der Waals surface area contributed by atoms with Gasteiger partial charge in [-0.1, -0.05) is 26.0 Å². The second-order valence-electron chi connectivity index (χ2n) is 7.81. The highest BCUT2D eigenvalue weighted by Gasteiger charge is 2.21. The number of carbonyl (C=O) groups is 2. The minimum absolute atomic E-state index is 0.0239. The van der Waals surface area contributed by atoms with E-state index < -0.39 is 4.92 Å². The van der Waals surface area contributed by atoms with Crippen LogP contribution in [0.5, 0.6) is 0 Å². The van der Waals surface area contributed by atoms with Crippen molar-refractivity contribution in [3.05, 3.63) is 81.2 Å². The van der Waals surface area contributed by atoms with Crippen LogP contribution in [0.15, 0.2) is 48.5 Å². The van der Waals surface area contributed by atoms with E-state index in [2.05, 4.69) is 15.7 Å². The molecule has 9 nitrogen and oxygen atoms in total. The molecule has 0 atom stereocenters. The lowest BCUT2D eigenvalue weighted by Gasteiger charge is -2.10. The van der Waals surface area contributed by atoms with E-state index in [-0.39, 0.29) is 23.4 Å². The normalized spacial score (nSPS) is 10.8. The zero-order valence-corrected chi connectivity index (χ0v) is 18.4. The van der Waals surface area contributed by atoms with Gasteiger partial charge in [-0.25, -0.2) is 0 Å². The van der Waals surface area contributed by atoms with Crippen LogP contribution in [0.3, 0.4) is 0 Å². The monoisotopic (exact) mass is 435 g/mol. The highest BCUT2D eigenvalue weighted by atomic mass is 16.6. The quantitative estimate of drug-likeness (QED) is 0.423. The van der Waals surface area contributed by atoms with E-state index in [0.29, 0.717) is 34.9 Å². The average Bonchev–Trinajstić information content (AvgIpc) is 3.02. The van der Waals surface area contributed by atoms with Crippen LogP contribution in [0, 0.1) is 29.9 Å². The fraction of sp³-hybridized carbons (Fsp3) is 0.261. The summed E-state index contributed by atoms with van der Waals surface area (Å²) in [6, 6.07) is 13.9. The van der Waals surface area contributed by atoms with Crippen molar-refractivity contribution < 1.29 is 14.5 Å². The molecule has 1 heterocycles. The van der Waals surface area contributed by atoms with Crippen LogP contribution in [0.4, 0.5) is 17.1 Å². The molecule has 2 aromatic carbocycles. The summed E-state index contributed by atoms with van der Waals surface area (Å²) in [5.41, 5.74) is 3.50. The highest BCUT2D eigenvalue weighted by Crippen LogP contribution is 2.23. The first-order valence-corrected chi connectivity index (χ1v) is 10.2. The Labute approximate surface area is 185 Å². The number of carbonyl (C=O) groups excluding carboxylic acids is 2. The lowest BCUT2D eigenvalue weighted by molar-refractivity contribution is -0.386. The van der Waals surface area contributed by atoms with Gasteiger partial charge in [0.1, 0.15) is 11.4 Å². The summed E-state index contributed by atoms with van der Waals surface area (Å²) in [5, 5.41) is 21.0. The minimum Gasteiger partial charge on any atom is -0.326 e. The fourth-order valence-electron chi connectivity index (χ4n) is 3.17. The fourth-order valence-corrected chi connectivity index (χ4v) is 3.17. The molecule has 166 valence electrons. The molecule has 3 aromatic rings. The summed E-state index contributed by atoms with van der Waals surface area (Å²) in [4.78, 5) is 35.0. The summed E-state index contributed by atoms with van der Waals surface area (Å²) < 4.78 is 1.59. The molecule has 0 unspecified atom stereocenters. The van der Waals surface area contributed by atoms with Gasteiger partial charge >= 0.3 is 5.69 Å². The molecule has 2 amide bonds. The topological polar surface area (TPSA) is 119 Å². The van der Waals surface area contributed by atoms with Crippen molar-refractivity contribution in [3.8, 4) is 0 Å². The van der Waals surface area contributed by atoms with E-state index >= 15 is 0 Å². The lowest BCUT2D eigenvalue weighted by Crippen LogP contribution is -2.17. The standard InChI is InChI=1S/C23H25N5O4/c1-14(2)22(29)24-19-9-11-20(12-10-19)25-23(30)18-7-5-17(6-8-18)13-27-16(4)21(28(31)32)15(3)26-27/h5-12,14H,13H2,1-4H3,(H,24,29)(H,25,30). The number of nitrogens with one attached hydrogen (secondary N) is 2. The van der Waals surface area contributed by atoms with Gasteiger partial charge in [0.25, 0.3) is 5.91 Å². The van der Waals surface area contributed by atoms with E-state index in [9.17, 15) is 19.7 Å². The number of nitrogens with zero attached hydrogens (tertiary/aromatic N) is 3. The number of hydrogen-bond acceptors (Lipinski definition) is 5. The Morgan fingerprint density at radius 1 is 1.00 bits per heavy atom. The Kier molecular flexibility index (Phi) is 6.67. The Bertz CT molecular complexity index is 1150. The number of aryl methyl sites for hydroxylation is 1. The summed E-state index contributed by atoms with van der Waals surface area (Å²) >= 11 is 0. The number of rotatable bonds is 7. The maximum Gasteiger partial charge on any atom is 0.312 e. The minimum atomic E-state index is -0.424. The van der Waals surface area contributed by atoms with E-state index in [1.165, 1.54) is 0 Å². The first kappa shape index (κ1) is 22.7. The second-order valence-corrected chi connectivity index (χ2v) is 7.81. The van der Waals surface area contributed by atoms with Crippen LogP contribution in [-0.2, 0) is 11.3 Å². The van der Waals surface area contributed by atoms with Crippen LogP contribution in [0.2, 0.25) is 0 Å². The van der Waals surface area contributed by atoms with Gasteiger partial charge < -0.3 is 10.6 Å². The predicted molar refractivity (Wildman–Crippen MR) is 122 cm³/mol. The van der Waals surface area contributed by atoms with Crippen molar-refractivity contribution in [2.75, 3.05) is 10.6 Å². The Morgan fingerprint density at radius 3 is 2.06 bits per heavy atom. The molecule has 0 saturated carbocycles. The summed E-state index contributed by atoms with van der Waals surface area (Å²) in [5.74, 6) is -0.456. The molecular weight excluding hydrogens is 410 g/mol. The van der Waals surface area contributed by atoms with Crippen LogP contribution in [0.1, 0.15) is 41.2 Å². The molecule has 0 aliphatic carbocycles. The van der Waals surface area contributed by atoms with Gasteiger partial charge in [-0.3, -0.25) is 24.4 Å². The third-order valence-corrected chi connectivity index (χ3v) is 5.01. The summed E-state index contributed by atoms with van der Waals surface area (Å²) in [6.07, 6.45) is 0. The molecular formula is C23H25N5O4. The molecule has 0 aliphatic heterocycles. The van der Waals surface area contributed by atoms with Gasteiger partial charge in [-0.2, -0.15) is 5.10 Å². The van der Waals surface area contributed by atoms with E-state index in [1.54, 1.807) is 67.1 Å². The number of benzene rings is 2. The number of nitro groups is 1. The van der Waals surface area contributed by atoms with Gasteiger partial charge in [0.15, 0.2) is 0 Å². The molecule has 3 rings (SSSR count). The molecule has 0 bridgehead atoms. The zero-order chi connectivity index (χ0) is 23.4. The summed E-state index contributed by atoms with van der Waals surface area (Å²) in [6.45, 7) is 7.28. The van der Waals surface area contributed by atoms with Gasteiger partial charge in [-0.15, -0.1) is 0 Å². The maximum atomic E-state index is 12.5. The molecule has 0 aliphatic rings. The van der Waals surface area contributed by atoms with Crippen molar-refractivity contribution in [1.29, 1.82) is 0 Å². The first-order chi connectivity index (χ1) is 15.2. The van der Waals surface area contributed by atoms with Crippen LogP contribution in [0.25, 0.3) is 0 Å². The highest BCUT2D eigenvalue weighted by molar-refractivity contribution is 6.04. The van der Waals surface area contributed by atoms with Crippen LogP contribution < -0.4 is 10.6 Å². The largest absolute Gasteiger partial charge is 0.326 e. The third kappa shape index (κ3) is 5.18. The molecule has 32 heavy (non-hydrogen) atoms. The van der Waals surface area contributed by atoms with Crippen LogP contribution in [-0.4, -0.2) is 26.5 Å². The molecule has 0 saturated heterocycles. The van der Waals surface area contributed by atoms with Gasteiger partial charge in [0.05, 0.1) is 11.5 Å². The SMILES string of the molecule is Cc1nn(Cc2ccc(C(=O)Nc3ccc(NC(=O)C(C)C)cc3)cc2)c(C)c1[N+](=O)[O-]. The molecule has 1 aromatic heterocycles. The first-order valence-electron chi connectivity index (χ1n) is 10.2. The van der Waals surface area contributed by atoms with Crippen molar-refractivity contribution in [3.63, 3.8) is 0 Å². The predicted octanol–water partition coefficient (Wildman–Crippen LogP) is 4.30. The van der Waals surface area contributed by atoms with Gasteiger partial charge in [0.2, 0.25) is 5.91 Å². The van der Waals surface area contributed by atoms with Gasteiger partial charge in [-0.05, 0) is 55.8 Å². The Morgan fingerprint density at radius 2 is 1.56 bits per heavy atom. The molecule has 0 fully saturated rings. The lowest BCUT2D eigenvalue weighted by atomic mass is 10.1. The smallest absolute Gasteiger partial charge is 0.312 e. The van der Waals surface area contributed by atoms with Crippen molar-refractivity contribution in [2.45, 2.75) is 34.2 Å². The molecule has 0 spiro atoms. The number of hydrogen-bond donors (Lipinski definition) is 2. The van der Waals surface area contributed by atoms with E-state index in [4.69, 9.17) is 0 Å². The third-order valence-electron chi connectivity index (χ3n) is 5.01. The van der Waals surface area contributed by atoms with Crippen molar-refractivity contribution in [2.24, 2.45) is 5.92 Å². The van der Waals surface area contributed by atoms with Gasteiger partial charge in [0, 0.05) is 22.9 Å². The number of anilines is 2. The van der Waals surface area contributed by atoms with E-state index in [1.807, 2.05) is 13.8 Å². The molecule has 2 N–H and O–H groups in total. The second kappa shape index (κ2) is 9.42. The zero-order valence-electron chi connectivity index (χ0n) is 18.4. The molecule has 0 radical (unpaired) electrons. The van der Waals surface area contributed by atoms with Crippen molar-refractivity contribution >= 4 is 28.9 Å². The Balaban J connectivity index is 1.64. The van der Waals surface area contributed by atoms with Crippen LogP contribution >= 0.6 is 0 Å². The van der Waals surface area contributed by atoms with Crippen molar-refractivity contribution in [1.82, 2.24) is 9.78 Å². The molecule has 9 heteroatoms. The van der Waals surface area contributed by atoms with E-state index in [0.717, 1.165) is 5.56 Å². The average molecular weight is 435 g/mol. The number of amides is 2.